The van der Waals surface area contributed by atoms with Crippen molar-refractivity contribution >= 4 is 33.6 Å². The van der Waals surface area contributed by atoms with Crippen molar-refractivity contribution in [3.63, 3.8) is 0 Å². The lowest BCUT2D eigenvalue weighted by Crippen LogP contribution is -2.41. The van der Waals surface area contributed by atoms with Crippen LogP contribution in [0.2, 0.25) is 0 Å². The van der Waals surface area contributed by atoms with Crippen LogP contribution in [0.25, 0.3) is 0 Å². The molecule has 0 aliphatic carbocycles. The molecule has 1 amide bonds. The van der Waals surface area contributed by atoms with E-state index in [0.717, 1.165) is 20.9 Å². The normalized spacial score (nSPS) is 16.0. The van der Waals surface area contributed by atoms with Crippen molar-refractivity contribution in [3.8, 4) is 11.5 Å². The molecule has 6 heteroatoms. The topological polar surface area (TPSA) is 47.6 Å². The standard InChI is InChI=1S/C17H16BrNO3S/c18-12-5-7-14(8-6-12)23-11-17(20)19-9-13-10-21-15-3-1-2-4-16(15)22-13/h1-8,13H,9-11H2,(H,19,20)/t13-/m1/s1. The second-order valence-electron chi connectivity index (χ2n) is 5.04. The Hall–Kier alpha value is -1.66. The van der Waals surface area contributed by atoms with Gasteiger partial charge >= 0.3 is 0 Å². The van der Waals surface area contributed by atoms with Gasteiger partial charge in [-0.3, -0.25) is 4.79 Å². The van der Waals surface area contributed by atoms with Crippen molar-refractivity contribution in [3.05, 3.63) is 53.0 Å². The molecular formula is C17H16BrNO3S. The molecule has 1 aliphatic rings. The van der Waals surface area contributed by atoms with Crippen LogP contribution < -0.4 is 14.8 Å². The van der Waals surface area contributed by atoms with Crippen LogP contribution in [-0.2, 0) is 4.79 Å². The van der Waals surface area contributed by atoms with Gasteiger partial charge in [0, 0.05) is 9.37 Å². The number of fused-ring (bicyclic) bond motifs is 1. The predicted octanol–water partition coefficient (Wildman–Crippen LogP) is 3.50. The van der Waals surface area contributed by atoms with E-state index in [-0.39, 0.29) is 12.0 Å². The molecule has 120 valence electrons. The van der Waals surface area contributed by atoms with Gasteiger partial charge in [0.25, 0.3) is 0 Å². The molecule has 1 heterocycles. The molecule has 0 fully saturated rings. The number of thioether (sulfide) groups is 1. The fourth-order valence-corrected chi connectivity index (χ4v) is 3.11. The van der Waals surface area contributed by atoms with E-state index in [9.17, 15) is 4.79 Å². The molecule has 0 radical (unpaired) electrons. The third-order valence-electron chi connectivity index (χ3n) is 3.28. The quantitative estimate of drug-likeness (QED) is 0.789. The molecule has 1 aliphatic heterocycles. The maximum absolute atomic E-state index is 11.9. The van der Waals surface area contributed by atoms with Crippen molar-refractivity contribution in [2.75, 3.05) is 18.9 Å². The molecule has 0 saturated carbocycles. The van der Waals surface area contributed by atoms with Gasteiger partial charge in [-0.15, -0.1) is 11.8 Å². The number of para-hydroxylation sites is 2. The highest BCUT2D eigenvalue weighted by Crippen LogP contribution is 2.30. The Kier molecular flexibility index (Phi) is 5.46. The van der Waals surface area contributed by atoms with E-state index in [1.165, 1.54) is 11.8 Å². The first kappa shape index (κ1) is 16.2. The van der Waals surface area contributed by atoms with Gasteiger partial charge < -0.3 is 14.8 Å². The predicted molar refractivity (Wildman–Crippen MR) is 94.2 cm³/mol. The first-order valence-electron chi connectivity index (χ1n) is 7.24. The van der Waals surface area contributed by atoms with Gasteiger partial charge in [-0.2, -0.15) is 0 Å². The van der Waals surface area contributed by atoms with E-state index in [1.807, 2.05) is 48.5 Å². The number of carbonyl (C=O) groups excluding carboxylic acids is 1. The lowest BCUT2D eigenvalue weighted by Gasteiger charge is -2.26. The minimum absolute atomic E-state index is 0.0135. The average Bonchev–Trinajstić information content (AvgIpc) is 2.59. The summed E-state index contributed by atoms with van der Waals surface area (Å²) in [6.45, 7) is 0.880. The zero-order valence-corrected chi connectivity index (χ0v) is 14.7. The number of hydrogen-bond donors (Lipinski definition) is 1. The fourth-order valence-electron chi connectivity index (χ4n) is 2.12. The van der Waals surface area contributed by atoms with Gasteiger partial charge in [0.15, 0.2) is 11.5 Å². The largest absolute Gasteiger partial charge is 0.486 e. The number of ether oxygens (including phenoxy) is 2. The number of carbonyl (C=O) groups is 1. The summed E-state index contributed by atoms with van der Waals surface area (Å²) in [6.07, 6.45) is -0.161. The van der Waals surface area contributed by atoms with Crippen molar-refractivity contribution in [1.82, 2.24) is 5.32 Å². The van der Waals surface area contributed by atoms with Gasteiger partial charge in [-0.1, -0.05) is 28.1 Å². The van der Waals surface area contributed by atoms with Gasteiger partial charge in [0.05, 0.1) is 12.3 Å². The van der Waals surface area contributed by atoms with Crippen LogP contribution in [-0.4, -0.2) is 30.9 Å². The molecule has 0 bridgehead atoms. The summed E-state index contributed by atoms with van der Waals surface area (Å²) < 4.78 is 12.5. The molecule has 23 heavy (non-hydrogen) atoms. The number of benzene rings is 2. The molecule has 0 spiro atoms. The highest BCUT2D eigenvalue weighted by Gasteiger charge is 2.20. The van der Waals surface area contributed by atoms with E-state index in [1.54, 1.807) is 0 Å². The van der Waals surface area contributed by atoms with E-state index >= 15 is 0 Å². The summed E-state index contributed by atoms with van der Waals surface area (Å²) in [5, 5.41) is 2.89. The Balaban J connectivity index is 1.42. The summed E-state index contributed by atoms with van der Waals surface area (Å²) in [4.78, 5) is 13.0. The lowest BCUT2D eigenvalue weighted by atomic mass is 10.2. The third kappa shape index (κ3) is 4.65. The van der Waals surface area contributed by atoms with Crippen molar-refractivity contribution in [2.45, 2.75) is 11.0 Å². The van der Waals surface area contributed by atoms with E-state index < -0.39 is 0 Å². The Morgan fingerprint density at radius 3 is 2.70 bits per heavy atom. The molecule has 2 aromatic rings. The zero-order valence-electron chi connectivity index (χ0n) is 12.3. The molecule has 1 N–H and O–H groups in total. The summed E-state index contributed by atoms with van der Waals surface area (Å²) in [5.74, 6) is 1.84. The smallest absolute Gasteiger partial charge is 0.230 e. The second kappa shape index (κ2) is 7.75. The molecule has 0 aromatic heterocycles. The Labute approximate surface area is 147 Å². The minimum Gasteiger partial charge on any atom is -0.486 e. The lowest BCUT2D eigenvalue weighted by molar-refractivity contribution is -0.119. The summed E-state index contributed by atoms with van der Waals surface area (Å²) in [6, 6.07) is 15.4. The molecular weight excluding hydrogens is 378 g/mol. The van der Waals surface area contributed by atoms with Crippen LogP contribution in [0.5, 0.6) is 11.5 Å². The first-order chi connectivity index (χ1) is 11.2. The average molecular weight is 394 g/mol. The fraction of sp³-hybridized carbons (Fsp3) is 0.235. The van der Waals surface area contributed by atoms with Crippen LogP contribution in [0, 0.1) is 0 Å². The number of halogens is 1. The maximum Gasteiger partial charge on any atom is 0.230 e. The monoisotopic (exact) mass is 393 g/mol. The molecule has 2 aromatic carbocycles. The summed E-state index contributed by atoms with van der Waals surface area (Å²) >= 11 is 4.90. The van der Waals surface area contributed by atoms with Crippen molar-refractivity contribution < 1.29 is 14.3 Å². The molecule has 0 saturated heterocycles. The van der Waals surface area contributed by atoms with Crippen LogP contribution in [0.3, 0.4) is 0 Å². The minimum atomic E-state index is -0.161. The zero-order chi connectivity index (χ0) is 16.1. The highest BCUT2D eigenvalue weighted by molar-refractivity contribution is 9.10. The van der Waals surface area contributed by atoms with Crippen LogP contribution in [0.4, 0.5) is 0 Å². The summed E-state index contributed by atoms with van der Waals surface area (Å²) in [5.41, 5.74) is 0. The van der Waals surface area contributed by atoms with E-state index in [0.29, 0.717) is 18.9 Å². The van der Waals surface area contributed by atoms with Gasteiger partial charge in [0.2, 0.25) is 5.91 Å². The Morgan fingerprint density at radius 1 is 1.17 bits per heavy atom. The second-order valence-corrected chi connectivity index (χ2v) is 7.01. The molecule has 0 unspecified atom stereocenters. The van der Waals surface area contributed by atoms with E-state index in [2.05, 4.69) is 21.2 Å². The molecule has 3 rings (SSSR count). The number of rotatable bonds is 5. The SMILES string of the molecule is O=C(CSc1ccc(Br)cc1)NC[C@@H]1COc2ccccc2O1. The first-order valence-corrected chi connectivity index (χ1v) is 9.02. The van der Waals surface area contributed by atoms with Crippen LogP contribution in [0.1, 0.15) is 0 Å². The Morgan fingerprint density at radius 2 is 1.91 bits per heavy atom. The van der Waals surface area contributed by atoms with Gasteiger partial charge in [0.1, 0.15) is 12.7 Å². The third-order valence-corrected chi connectivity index (χ3v) is 4.82. The number of hydrogen-bond acceptors (Lipinski definition) is 4. The number of nitrogens with one attached hydrogen (secondary N) is 1. The number of amides is 1. The maximum atomic E-state index is 11.9. The molecule has 1 atom stereocenters. The van der Waals surface area contributed by atoms with E-state index in [4.69, 9.17) is 9.47 Å². The van der Waals surface area contributed by atoms with Gasteiger partial charge in [-0.25, -0.2) is 0 Å². The van der Waals surface area contributed by atoms with Crippen molar-refractivity contribution in [1.29, 1.82) is 0 Å². The molecule has 4 nitrogen and oxygen atoms in total. The Bertz CT molecular complexity index is 678. The van der Waals surface area contributed by atoms with Gasteiger partial charge in [-0.05, 0) is 36.4 Å². The summed E-state index contributed by atoms with van der Waals surface area (Å²) in [7, 11) is 0. The van der Waals surface area contributed by atoms with Crippen molar-refractivity contribution in [2.24, 2.45) is 0 Å². The highest BCUT2D eigenvalue weighted by atomic mass is 79.9. The van der Waals surface area contributed by atoms with Crippen LogP contribution in [0.15, 0.2) is 57.9 Å². The van der Waals surface area contributed by atoms with Crippen LogP contribution >= 0.6 is 27.7 Å².